The van der Waals surface area contributed by atoms with Crippen LogP contribution in [0.4, 0.5) is 0 Å². The predicted octanol–water partition coefficient (Wildman–Crippen LogP) is -0.0862. The molecule has 0 saturated heterocycles. The minimum atomic E-state index is -3.75. The monoisotopic (exact) mass is 278 g/mol. The lowest BCUT2D eigenvalue weighted by atomic mass is 10.6. The van der Waals surface area contributed by atoms with E-state index in [-0.39, 0.29) is 23.9 Å². The maximum atomic E-state index is 12.2. The van der Waals surface area contributed by atoms with E-state index in [1.54, 1.807) is 0 Å². The summed E-state index contributed by atoms with van der Waals surface area (Å²) in [7, 11) is -3.75. The van der Waals surface area contributed by atoms with Gasteiger partial charge in [-0.25, -0.2) is 8.42 Å². The van der Waals surface area contributed by atoms with Gasteiger partial charge < -0.3 is 10.1 Å². The molecule has 17 heavy (non-hydrogen) atoms. The zero-order valence-electron chi connectivity index (χ0n) is 9.34. The Balaban J connectivity index is 3.20. The molecule has 0 radical (unpaired) electrons. The first-order valence-corrected chi connectivity index (χ1v) is 7.10. The van der Waals surface area contributed by atoms with E-state index in [0.717, 1.165) is 4.31 Å². The van der Waals surface area contributed by atoms with Crippen molar-refractivity contribution in [3.05, 3.63) is 28.0 Å². The number of nitrogens with one attached hydrogen (secondary N) is 1. The maximum absolute atomic E-state index is 12.2. The van der Waals surface area contributed by atoms with Crippen molar-refractivity contribution >= 4 is 21.4 Å². The third kappa shape index (κ3) is 3.03. The summed E-state index contributed by atoms with van der Waals surface area (Å²) in [6, 6.07) is 0. The highest BCUT2D eigenvalue weighted by Crippen LogP contribution is 2.20. The Morgan fingerprint density at radius 3 is 2.65 bits per heavy atom. The molecule has 8 heteroatoms. The highest BCUT2D eigenvalue weighted by molar-refractivity contribution is 7.91. The molecule has 0 bridgehead atoms. The van der Waals surface area contributed by atoms with Crippen molar-refractivity contribution in [3.8, 4) is 0 Å². The van der Waals surface area contributed by atoms with Gasteiger partial charge in [0.1, 0.15) is 0 Å². The fraction of sp³-hybridized carbons (Fsp3) is 0.444. The second-order valence-electron chi connectivity index (χ2n) is 3.30. The smallest absolute Gasteiger partial charge is 0.305 e. The van der Waals surface area contributed by atoms with Crippen LogP contribution in [-0.4, -0.2) is 42.5 Å². The summed E-state index contributed by atoms with van der Waals surface area (Å²) in [5.74, 6) is 0. The Morgan fingerprint density at radius 1 is 1.59 bits per heavy atom. The van der Waals surface area contributed by atoms with E-state index in [9.17, 15) is 13.2 Å². The van der Waals surface area contributed by atoms with Gasteiger partial charge in [-0.3, -0.25) is 4.79 Å². The van der Waals surface area contributed by atoms with Gasteiger partial charge in [0, 0.05) is 18.8 Å². The number of thiazole rings is 1. The quantitative estimate of drug-likeness (QED) is 0.712. The molecule has 1 heterocycles. The van der Waals surface area contributed by atoms with Crippen LogP contribution in [0.5, 0.6) is 0 Å². The van der Waals surface area contributed by atoms with Crippen LogP contribution in [0.25, 0.3) is 0 Å². The third-order valence-corrected chi connectivity index (χ3v) is 5.48. The number of sulfonamides is 1. The number of aromatic amines is 1. The van der Waals surface area contributed by atoms with E-state index in [1.807, 2.05) is 0 Å². The molecule has 0 atom stereocenters. The van der Waals surface area contributed by atoms with E-state index in [0.29, 0.717) is 17.0 Å². The molecule has 0 unspecified atom stereocenters. The zero-order chi connectivity index (χ0) is 13.1. The van der Waals surface area contributed by atoms with Crippen molar-refractivity contribution in [3.63, 3.8) is 0 Å². The van der Waals surface area contributed by atoms with Crippen LogP contribution in [0.1, 0.15) is 5.69 Å². The van der Waals surface area contributed by atoms with Gasteiger partial charge in [-0.1, -0.05) is 17.4 Å². The summed E-state index contributed by atoms with van der Waals surface area (Å²) < 4.78 is 25.4. The fourth-order valence-electron chi connectivity index (χ4n) is 1.32. The molecule has 96 valence electrons. The standard InChI is InChI=1S/C9H14N2O4S2/c1-3-4-11(5-6-12)17(14,15)8-7(2)10-9(13)16-8/h3,12H,1,4-6H2,2H3,(H,10,13). The number of rotatable bonds is 6. The van der Waals surface area contributed by atoms with E-state index in [1.165, 1.54) is 13.0 Å². The number of aryl methyl sites for hydroxylation is 1. The van der Waals surface area contributed by atoms with Gasteiger partial charge >= 0.3 is 4.87 Å². The molecule has 0 aliphatic heterocycles. The number of hydrogen-bond acceptors (Lipinski definition) is 5. The Labute approximate surface area is 103 Å². The number of aromatic nitrogens is 1. The SMILES string of the molecule is C=CCN(CCO)S(=O)(=O)c1sc(=O)[nH]c1C. The molecule has 0 aliphatic rings. The zero-order valence-corrected chi connectivity index (χ0v) is 11.0. The molecule has 0 fully saturated rings. The van der Waals surface area contributed by atoms with E-state index in [4.69, 9.17) is 5.11 Å². The summed E-state index contributed by atoms with van der Waals surface area (Å²) in [5, 5.41) is 8.84. The van der Waals surface area contributed by atoms with Crippen molar-refractivity contribution in [2.75, 3.05) is 19.7 Å². The average molecular weight is 278 g/mol. The normalized spacial score (nSPS) is 11.9. The molecule has 0 amide bonds. The van der Waals surface area contributed by atoms with Crippen molar-refractivity contribution in [2.24, 2.45) is 0 Å². The molecule has 1 aromatic rings. The summed E-state index contributed by atoms with van der Waals surface area (Å²) >= 11 is 0.645. The first-order chi connectivity index (χ1) is 7.93. The average Bonchev–Trinajstić information content (AvgIpc) is 2.58. The number of hydrogen-bond donors (Lipinski definition) is 2. The molecular formula is C9H14N2O4S2. The van der Waals surface area contributed by atoms with Gasteiger partial charge in [0.05, 0.1) is 6.61 Å². The number of aliphatic hydroxyl groups is 1. The molecule has 0 aliphatic carbocycles. The van der Waals surface area contributed by atoms with Gasteiger partial charge in [0.15, 0.2) is 4.21 Å². The van der Waals surface area contributed by atoms with Crippen LogP contribution in [0.3, 0.4) is 0 Å². The van der Waals surface area contributed by atoms with Crippen molar-refractivity contribution in [1.82, 2.24) is 9.29 Å². The largest absolute Gasteiger partial charge is 0.395 e. The Hall–Kier alpha value is -0.960. The predicted molar refractivity (Wildman–Crippen MR) is 65.7 cm³/mol. The number of aliphatic hydroxyl groups excluding tert-OH is 1. The molecule has 2 N–H and O–H groups in total. The maximum Gasteiger partial charge on any atom is 0.305 e. The molecule has 1 rings (SSSR count). The summed E-state index contributed by atoms with van der Waals surface area (Å²) in [5.41, 5.74) is 0.312. The van der Waals surface area contributed by atoms with Crippen LogP contribution in [0, 0.1) is 6.92 Å². The van der Waals surface area contributed by atoms with Gasteiger partial charge in [-0.2, -0.15) is 4.31 Å². The van der Waals surface area contributed by atoms with Gasteiger partial charge in [0.25, 0.3) is 10.0 Å². The van der Waals surface area contributed by atoms with Gasteiger partial charge in [0.2, 0.25) is 0 Å². The van der Waals surface area contributed by atoms with Gasteiger partial charge in [-0.15, -0.1) is 6.58 Å². The highest BCUT2D eigenvalue weighted by Gasteiger charge is 2.27. The van der Waals surface area contributed by atoms with Crippen molar-refractivity contribution in [2.45, 2.75) is 11.1 Å². The molecular weight excluding hydrogens is 264 g/mol. The topological polar surface area (TPSA) is 90.5 Å². The summed E-state index contributed by atoms with van der Waals surface area (Å²) in [6.07, 6.45) is 1.43. The van der Waals surface area contributed by atoms with Gasteiger partial charge in [-0.05, 0) is 6.92 Å². The van der Waals surface area contributed by atoms with Crippen molar-refractivity contribution < 1.29 is 13.5 Å². The molecule has 1 aromatic heterocycles. The Bertz CT molecular complexity index is 544. The lowest BCUT2D eigenvalue weighted by Gasteiger charge is -2.18. The first kappa shape index (κ1) is 14.1. The van der Waals surface area contributed by atoms with Crippen LogP contribution in [0.2, 0.25) is 0 Å². The highest BCUT2D eigenvalue weighted by atomic mass is 32.2. The van der Waals surface area contributed by atoms with Crippen LogP contribution in [0.15, 0.2) is 21.7 Å². The molecule has 6 nitrogen and oxygen atoms in total. The van der Waals surface area contributed by atoms with E-state index in [2.05, 4.69) is 11.6 Å². The second kappa shape index (κ2) is 5.58. The lowest BCUT2D eigenvalue weighted by molar-refractivity contribution is 0.260. The second-order valence-corrected chi connectivity index (χ2v) is 6.42. The number of nitrogens with zero attached hydrogens (tertiary/aromatic N) is 1. The number of H-pyrrole nitrogens is 1. The third-order valence-electron chi connectivity index (χ3n) is 2.04. The molecule has 0 spiro atoms. The van der Waals surface area contributed by atoms with Crippen LogP contribution >= 0.6 is 11.3 Å². The first-order valence-electron chi connectivity index (χ1n) is 4.85. The lowest BCUT2D eigenvalue weighted by Crippen LogP contribution is -2.33. The fourth-order valence-corrected chi connectivity index (χ4v) is 4.16. The van der Waals surface area contributed by atoms with Crippen molar-refractivity contribution in [1.29, 1.82) is 0 Å². The minimum absolute atomic E-state index is 0.0159. The minimum Gasteiger partial charge on any atom is -0.395 e. The van der Waals surface area contributed by atoms with Crippen LogP contribution in [-0.2, 0) is 10.0 Å². The van der Waals surface area contributed by atoms with E-state index >= 15 is 0 Å². The Kier molecular flexibility index (Phi) is 4.63. The molecule has 0 aromatic carbocycles. The van der Waals surface area contributed by atoms with Crippen LogP contribution < -0.4 is 4.87 Å². The molecule has 0 saturated carbocycles. The summed E-state index contributed by atoms with van der Waals surface area (Å²) in [6.45, 7) is 4.76. The summed E-state index contributed by atoms with van der Waals surface area (Å²) in [4.78, 5) is 13.1. The Morgan fingerprint density at radius 2 is 2.24 bits per heavy atom. The van der Waals surface area contributed by atoms with E-state index < -0.39 is 14.9 Å².